The van der Waals surface area contributed by atoms with Crippen LogP contribution in [0.3, 0.4) is 0 Å². The lowest BCUT2D eigenvalue weighted by molar-refractivity contribution is 0.303. The lowest BCUT2D eigenvalue weighted by atomic mass is 10.1. The molecule has 0 fully saturated rings. The summed E-state index contributed by atoms with van der Waals surface area (Å²) in [7, 11) is 0. The first kappa shape index (κ1) is 15.5. The number of benzene rings is 1. The Morgan fingerprint density at radius 3 is 3.10 bits per heavy atom. The molecule has 1 heterocycles. The molecule has 0 bridgehead atoms. The highest BCUT2D eigenvalue weighted by Crippen LogP contribution is 2.35. The van der Waals surface area contributed by atoms with Gasteiger partial charge in [-0.1, -0.05) is 13.8 Å². The summed E-state index contributed by atoms with van der Waals surface area (Å²) in [6.45, 7) is 6.90. The lowest BCUT2D eigenvalue weighted by Crippen LogP contribution is -2.22. The Balaban J connectivity index is 1.83. The van der Waals surface area contributed by atoms with Gasteiger partial charge in [-0.05, 0) is 43.0 Å². The third kappa shape index (κ3) is 4.32. The van der Waals surface area contributed by atoms with Gasteiger partial charge in [-0.2, -0.15) is 11.8 Å². The predicted molar refractivity (Wildman–Crippen MR) is 86.1 cm³/mol. The second-order valence-electron chi connectivity index (χ2n) is 4.92. The van der Waals surface area contributed by atoms with E-state index >= 15 is 0 Å². The zero-order chi connectivity index (χ0) is 14.2. The highest BCUT2D eigenvalue weighted by Gasteiger charge is 2.23. The molecule has 4 heteroatoms. The molecule has 112 valence electrons. The van der Waals surface area contributed by atoms with Crippen molar-refractivity contribution in [2.24, 2.45) is 0 Å². The van der Waals surface area contributed by atoms with E-state index in [1.54, 1.807) is 0 Å². The minimum atomic E-state index is 0.333. The zero-order valence-corrected chi connectivity index (χ0v) is 13.3. The summed E-state index contributed by atoms with van der Waals surface area (Å²) in [6.07, 6.45) is 2.24. The van der Waals surface area contributed by atoms with Crippen molar-refractivity contribution >= 4 is 11.8 Å². The third-order valence-corrected chi connectivity index (χ3v) is 4.30. The second-order valence-corrected chi connectivity index (χ2v) is 6.31. The molecule has 0 amide bonds. The quantitative estimate of drug-likeness (QED) is 0.705. The molecule has 2 rings (SSSR count). The van der Waals surface area contributed by atoms with Crippen molar-refractivity contribution < 1.29 is 9.47 Å². The summed E-state index contributed by atoms with van der Waals surface area (Å²) >= 11 is 1.96. The number of ether oxygens (including phenoxy) is 2. The van der Waals surface area contributed by atoms with Crippen LogP contribution >= 0.6 is 11.8 Å². The molecule has 1 unspecified atom stereocenters. The minimum Gasteiger partial charge on any atom is -0.493 e. The fourth-order valence-corrected chi connectivity index (χ4v) is 2.87. The molecule has 3 nitrogen and oxygen atoms in total. The van der Waals surface area contributed by atoms with E-state index in [1.165, 1.54) is 17.1 Å². The molecule has 0 saturated carbocycles. The highest BCUT2D eigenvalue weighted by atomic mass is 32.2. The normalized spacial score (nSPS) is 16.8. The molecule has 1 aromatic carbocycles. The Labute approximate surface area is 126 Å². The Bertz CT molecular complexity index is 411. The number of thioether (sulfide) groups is 1. The van der Waals surface area contributed by atoms with Crippen LogP contribution in [0, 0.1) is 0 Å². The summed E-state index contributed by atoms with van der Waals surface area (Å²) in [6, 6.07) is 6.54. The first-order valence-electron chi connectivity index (χ1n) is 7.55. The summed E-state index contributed by atoms with van der Waals surface area (Å²) in [5, 5.41) is 3.50. The summed E-state index contributed by atoms with van der Waals surface area (Å²) in [5.41, 5.74) is 1.26. The largest absolute Gasteiger partial charge is 0.493 e. The molecule has 20 heavy (non-hydrogen) atoms. The van der Waals surface area contributed by atoms with Crippen LogP contribution in [-0.2, 0) is 0 Å². The first-order chi connectivity index (χ1) is 9.85. The summed E-state index contributed by atoms with van der Waals surface area (Å²) < 4.78 is 11.5. The van der Waals surface area contributed by atoms with Crippen LogP contribution < -0.4 is 14.8 Å². The highest BCUT2D eigenvalue weighted by molar-refractivity contribution is 7.99. The number of fused-ring (bicyclic) bond motifs is 1. The molecule has 1 N–H and O–H groups in total. The van der Waals surface area contributed by atoms with Crippen molar-refractivity contribution in [2.45, 2.75) is 32.7 Å². The van der Waals surface area contributed by atoms with Crippen molar-refractivity contribution in [1.29, 1.82) is 0 Å². The standard InChI is InChI=1S/C16H25NO2S/c1-3-8-17-15-12-19-16-11-13(6-7-14(15)16)18-9-5-10-20-4-2/h6-7,11,15,17H,3-5,8-10,12H2,1-2H3. The fourth-order valence-electron chi connectivity index (χ4n) is 2.26. The molecule has 0 spiro atoms. The van der Waals surface area contributed by atoms with Crippen molar-refractivity contribution in [2.75, 3.05) is 31.3 Å². The van der Waals surface area contributed by atoms with E-state index in [4.69, 9.17) is 9.47 Å². The van der Waals surface area contributed by atoms with Gasteiger partial charge in [0, 0.05) is 11.6 Å². The Kier molecular flexibility index (Phi) is 6.54. The fraction of sp³-hybridized carbons (Fsp3) is 0.625. The number of hydrogen-bond acceptors (Lipinski definition) is 4. The van der Waals surface area contributed by atoms with Crippen LogP contribution in [0.1, 0.15) is 38.3 Å². The van der Waals surface area contributed by atoms with Gasteiger partial charge < -0.3 is 14.8 Å². The van der Waals surface area contributed by atoms with Gasteiger partial charge in [0.25, 0.3) is 0 Å². The number of hydrogen-bond donors (Lipinski definition) is 1. The van der Waals surface area contributed by atoms with Crippen LogP contribution in [0.25, 0.3) is 0 Å². The SMILES string of the molecule is CCCNC1COc2cc(OCCCSCC)ccc21. The van der Waals surface area contributed by atoms with Crippen molar-refractivity contribution in [3.05, 3.63) is 23.8 Å². The summed E-state index contributed by atoms with van der Waals surface area (Å²) in [4.78, 5) is 0. The molecular formula is C16H25NO2S. The van der Waals surface area contributed by atoms with Gasteiger partial charge in [0.2, 0.25) is 0 Å². The van der Waals surface area contributed by atoms with E-state index in [-0.39, 0.29) is 0 Å². The van der Waals surface area contributed by atoms with E-state index in [0.29, 0.717) is 6.04 Å². The van der Waals surface area contributed by atoms with Gasteiger partial charge in [-0.25, -0.2) is 0 Å². The number of rotatable bonds is 9. The topological polar surface area (TPSA) is 30.5 Å². The maximum Gasteiger partial charge on any atom is 0.127 e. The van der Waals surface area contributed by atoms with Gasteiger partial charge in [0.15, 0.2) is 0 Å². The molecule has 1 aromatic rings. The monoisotopic (exact) mass is 295 g/mol. The Morgan fingerprint density at radius 2 is 2.30 bits per heavy atom. The van der Waals surface area contributed by atoms with E-state index < -0.39 is 0 Å². The van der Waals surface area contributed by atoms with Crippen LogP contribution in [0.2, 0.25) is 0 Å². The molecule has 1 aliphatic heterocycles. The molecule has 0 aromatic heterocycles. The molecule has 0 aliphatic carbocycles. The van der Waals surface area contributed by atoms with Gasteiger partial charge in [-0.3, -0.25) is 0 Å². The third-order valence-electron chi connectivity index (χ3n) is 3.31. The first-order valence-corrected chi connectivity index (χ1v) is 8.71. The van der Waals surface area contributed by atoms with Gasteiger partial charge in [0.1, 0.15) is 18.1 Å². The average molecular weight is 295 g/mol. The van der Waals surface area contributed by atoms with Crippen molar-refractivity contribution in [1.82, 2.24) is 5.32 Å². The van der Waals surface area contributed by atoms with E-state index in [9.17, 15) is 0 Å². The van der Waals surface area contributed by atoms with E-state index in [2.05, 4.69) is 31.3 Å². The predicted octanol–water partition coefficient (Wildman–Crippen LogP) is 3.64. The average Bonchev–Trinajstić information content (AvgIpc) is 2.87. The second kappa shape index (κ2) is 8.42. The summed E-state index contributed by atoms with van der Waals surface area (Å²) in [5.74, 6) is 4.24. The smallest absolute Gasteiger partial charge is 0.127 e. The molecule has 0 saturated heterocycles. The van der Waals surface area contributed by atoms with Gasteiger partial charge >= 0.3 is 0 Å². The Hall–Kier alpha value is -0.870. The number of nitrogens with one attached hydrogen (secondary N) is 1. The Morgan fingerprint density at radius 1 is 1.40 bits per heavy atom. The lowest BCUT2D eigenvalue weighted by Gasteiger charge is -2.11. The molecule has 1 aliphatic rings. The van der Waals surface area contributed by atoms with E-state index in [0.717, 1.165) is 44.1 Å². The zero-order valence-electron chi connectivity index (χ0n) is 12.5. The van der Waals surface area contributed by atoms with Crippen LogP contribution in [-0.4, -0.2) is 31.3 Å². The minimum absolute atomic E-state index is 0.333. The molecule has 0 radical (unpaired) electrons. The van der Waals surface area contributed by atoms with Crippen molar-refractivity contribution in [3.8, 4) is 11.5 Å². The van der Waals surface area contributed by atoms with Crippen LogP contribution in [0.4, 0.5) is 0 Å². The maximum absolute atomic E-state index is 5.78. The van der Waals surface area contributed by atoms with Gasteiger partial charge in [-0.15, -0.1) is 0 Å². The molecule has 1 atom stereocenters. The molecular weight excluding hydrogens is 270 g/mol. The van der Waals surface area contributed by atoms with E-state index in [1.807, 2.05) is 17.8 Å². The maximum atomic E-state index is 5.78. The van der Waals surface area contributed by atoms with Crippen LogP contribution in [0.5, 0.6) is 11.5 Å². The van der Waals surface area contributed by atoms with Crippen molar-refractivity contribution in [3.63, 3.8) is 0 Å². The van der Waals surface area contributed by atoms with Crippen LogP contribution in [0.15, 0.2) is 18.2 Å². The van der Waals surface area contributed by atoms with Gasteiger partial charge in [0.05, 0.1) is 12.6 Å².